The van der Waals surface area contributed by atoms with E-state index in [-0.39, 0.29) is 12.6 Å². The van der Waals surface area contributed by atoms with Gasteiger partial charge >= 0.3 is 6.03 Å². The number of aliphatic hydroxyl groups is 1. The van der Waals surface area contributed by atoms with Crippen LogP contribution in [-0.2, 0) is 5.60 Å². The first-order chi connectivity index (χ1) is 11.1. The molecule has 0 aliphatic carbocycles. The molecule has 1 heterocycles. The van der Waals surface area contributed by atoms with Gasteiger partial charge in [-0.3, -0.25) is 0 Å². The van der Waals surface area contributed by atoms with Gasteiger partial charge in [-0.2, -0.15) is 0 Å². The van der Waals surface area contributed by atoms with Crippen LogP contribution >= 0.6 is 0 Å². The zero-order valence-corrected chi connectivity index (χ0v) is 14.1. The Morgan fingerprint density at radius 2 is 1.87 bits per heavy atom. The molecule has 5 nitrogen and oxygen atoms in total. The number of urea groups is 1. The quantitative estimate of drug-likeness (QED) is 0.643. The number of carbonyl (C=O) groups is 1. The molecule has 0 spiro atoms. The van der Waals surface area contributed by atoms with Crippen molar-refractivity contribution in [3.05, 3.63) is 35.9 Å². The van der Waals surface area contributed by atoms with Gasteiger partial charge < -0.3 is 20.6 Å². The van der Waals surface area contributed by atoms with E-state index in [1.165, 1.54) is 25.9 Å². The summed E-state index contributed by atoms with van der Waals surface area (Å²) in [6, 6.07) is 9.16. The second-order valence-corrected chi connectivity index (χ2v) is 6.51. The third-order valence-electron chi connectivity index (χ3n) is 4.37. The molecule has 0 radical (unpaired) electrons. The number of benzene rings is 1. The molecule has 5 heteroatoms. The number of likely N-dealkylation sites (tertiary alicyclic amines) is 1. The van der Waals surface area contributed by atoms with E-state index in [4.69, 9.17) is 0 Å². The molecule has 0 bridgehead atoms. The Kier molecular flexibility index (Phi) is 6.86. The van der Waals surface area contributed by atoms with E-state index in [9.17, 15) is 9.90 Å². The number of hydrogen-bond donors (Lipinski definition) is 3. The maximum absolute atomic E-state index is 11.8. The van der Waals surface area contributed by atoms with E-state index in [1.807, 2.05) is 30.3 Å². The Hall–Kier alpha value is -1.59. The maximum Gasteiger partial charge on any atom is 0.314 e. The number of rotatable bonds is 8. The molecule has 3 N–H and O–H groups in total. The Labute approximate surface area is 139 Å². The lowest BCUT2D eigenvalue weighted by Gasteiger charge is -2.24. The first kappa shape index (κ1) is 17.8. The first-order valence-corrected chi connectivity index (χ1v) is 8.60. The number of hydrogen-bond acceptors (Lipinski definition) is 3. The number of unbranched alkanes of at least 4 members (excludes halogenated alkanes) is 1. The van der Waals surface area contributed by atoms with E-state index in [0.29, 0.717) is 6.54 Å². The van der Waals surface area contributed by atoms with Crippen molar-refractivity contribution in [2.75, 3.05) is 32.7 Å². The highest BCUT2D eigenvalue weighted by molar-refractivity contribution is 5.73. The topological polar surface area (TPSA) is 64.6 Å². The maximum atomic E-state index is 11.8. The van der Waals surface area contributed by atoms with Crippen molar-refractivity contribution in [1.82, 2.24) is 15.5 Å². The summed E-state index contributed by atoms with van der Waals surface area (Å²) in [7, 11) is 0. The van der Waals surface area contributed by atoms with Crippen LogP contribution in [0.25, 0.3) is 0 Å². The second-order valence-electron chi connectivity index (χ2n) is 6.51. The minimum atomic E-state index is -1.06. The lowest BCUT2D eigenvalue weighted by Crippen LogP contribution is -2.43. The molecule has 1 aliphatic rings. The van der Waals surface area contributed by atoms with Crippen molar-refractivity contribution in [2.24, 2.45) is 0 Å². The average Bonchev–Trinajstić information content (AvgIpc) is 3.07. The molecule has 1 aromatic rings. The minimum Gasteiger partial charge on any atom is -0.384 e. The van der Waals surface area contributed by atoms with Crippen LogP contribution in [0.3, 0.4) is 0 Å². The van der Waals surface area contributed by atoms with Crippen molar-refractivity contribution in [3.8, 4) is 0 Å². The summed E-state index contributed by atoms with van der Waals surface area (Å²) in [5.74, 6) is 0. The molecule has 1 saturated heterocycles. The smallest absolute Gasteiger partial charge is 0.314 e. The van der Waals surface area contributed by atoms with E-state index in [1.54, 1.807) is 6.92 Å². The fourth-order valence-corrected chi connectivity index (χ4v) is 2.88. The van der Waals surface area contributed by atoms with E-state index in [0.717, 1.165) is 24.9 Å². The van der Waals surface area contributed by atoms with Crippen molar-refractivity contribution in [3.63, 3.8) is 0 Å². The zero-order valence-electron chi connectivity index (χ0n) is 14.1. The van der Waals surface area contributed by atoms with E-state index in [2.05, 4.69) is 15.5 Å². The molecule has 1 fully saturated rings. The molecule has 1 unspecified atom stereocenters. The summed E-state index contributed by atoms with van der Waals surface area (Å²) in [5, 5.41) is 16.0. The summed E-state index contributed by atoms with van der Waals surface area (Å²) in [4.78, 5) is 14.3. The van der Waals surface area contributed by atoms with Crippen LogP contribution in [0.1, 0.15) is 38.2 Å². The number of nitrogens with zero attached hydrogens (tertiary/aromatic N) is 1. The predicted molar refractivity (Wildman–Crippen MR) is 92.3 cm³/mol. The second kappa shape index (κ2) is 8.89. The molecule has 128 valence electrons. The first-order valence-electron chi connectivity index (χ1n) is 8.60. The van der Waals surface area contributed by atoms with E-state index < -0.39 is 5.60 Å². The van der Waals surface area contributed by atoms with Crippen LogP contribution in [0.5, 0.6) is 0 Å². The van der Waals surface area contributed by atoms with Crippen molar-refractivity contribution >= 4 is 6.03 Å². The van der Waals surface area contributed by atoms with Crippen LogP contribution in [0.15, 0.2) is 30.3 Å². The monoisotopic (exact) mass is 319 g/mol. The van der Waals surface area contributed by atoms with Gasteiger partial charge in [0.15, 0.2) is 0 Å². The SMILES string of the molecule is CC(O)(CNC(=O)NCCCCN1CCCC1)c1ccccc1. The van der Waals surface area contributed by atoms with Crippen molar-refractivity contribution in [2.45, 2.75) is 38.2 Å². The summed E-state index contributed by atoms with van der Waals surface area (Å²) in [5.41, 5.74) is -0.264. The number of carbonyl (C=O) groups excluding carboxylic acids is 1. The molecular formula is C18H29N3O2. The fraction of sp³-hybridized carbons (Fsp3) is 0.611. The number of nitrogens with one attached hydrogen (secondary N) is 2. The molecular weight excluding hydrogens is 290 g/mol. The summed E-state index contributed by atoms with van der Waals surface area (Å²) in [6.45, 7) is 6.15. The Morgan fingerprint density at radius 3 is 2.57 bits per heavy atom. The molecule has 0 aromatic heterocycles. The molecule has 2 amide bonds. The third-order valence-corrected chi connectivity index (χ3v) is 4.37. The Morgan fingerprint density at radius 1 is 1.17 bits per heavy atom. The van der Waals surface area contributed by atoms with Gasteiger partial charge in [0.2, 0.25) is 0 Å². The van der Waals surface area contributed by atoms with Crippen molar-refractivity contribution in [1.29, 1.82) is 0 Å². The summed E-state index contributed by atoms with van der Waals surface area (Å²) >= 11 is 0. The minimum absolute atomic E-state index is 0.191. The third kappa shape index (κ3) is 6.20. The zero-order chi connectivity index (χ0) is 16.5. The van der Waals surface area contributed by atoms with Crippen LogP contribution in [-0.4, -0.2) is 48.8 Å². The van der Waals surface area contributed by atoms with Gasteiger partial charge in [0.05, 0.1) is 6.54 Å². The lowest BCUT2D eigenvalue weighted by atomic mass is 9.96. The van der Waals surface area contributed by atoms with Gasteiger partial charge in [-0.05, 0) is 57.8 Å². The van der Waals surface area contributed by atoms with Gasteiger partial charge in [0.1, 0.15) is 5.60 Å². The molecule has 1 aliphatic heterocycles. The molecule has 0 saturated carbocycles. The fourth-order valence-electron chi connectivity index (χ4n) is 2.88. The summed E-state index contributed by atoms with van der Waals surface area (Å²) < 4.78 is 0. The average molecular weight is 319 g/mol. The predicted octanol–water partition coefficient (Wildman–Crippen LogP) is 2.07. The molecule has 1 atom stereocenters. The van der Waals surface area contributed by atoms with Crippen LogP contribution in [0.4, 0.5) is 4.79 Å². The normalized spacial score (nSPS) is 17.7. The lowest BCUT2D eigenvalue weighted by molar-refractivity contribution is 0.0594. The van der Waals surface area contributed by atoms with Crippen LogP contribution < -0.4 is 10.6 Å². The standard InChI is InChI=1S/C18H29N3O2/c1-18(23,16-9-3-2-4-10-16)15-20-17(22)19-11-5-6-12-21-13-7-8-14-21/h2-4,9-10,23H,5-8,11-15H2,1H3,(H2,19,20,22). The number of amides is 2. The van der Waals surface area contributed by atoms with Crippen LogP contribution in [0, 0.1) is 0 Å². The molecule has 23 heavy (non-hydrogen) atoms. The van der Waals surface area contributed by atoms with Crippen molar-refractivity contribution < 1.29 is 9.90 Å². The van der Waals surface area contributed by atoms with E-state index >= 15 is 0 Å². The van der Waals surface area contributed by atoms with Gasteiger partial charge in [-0.25, -0.2) is 4.79 Å². The largest absolute Gasteiger partial charge is 0.384 e. The molecule has 1 aromatic carbocycles. The molecule has 2 rings (SSSR count). The van der Waals surface area contributed by atoms with Gasteiger partial charge in [-0.1, -0.05) is 30.3 Å². The summed E-state index contributed by atoms with van der Waals surface area (Å²) in [6.07, 6.45) is 4.74. The van der Waals surface area contributed by atoms with Gasteiger partial charge in [0.25, 0.3) is 0 Å². The Balaban J connectivity index is 1.57. The highest BCUT2D eigenvalue weighted by Gasteiger charge is 2.23. The van der Waals surface area contributed by atoms with Gasteiger partial charge in [-0.15, -0.1) is 0 Å². The van der Waals surface area contributed by atoms with Crippen LogP contribution in [0.2, 0.25) is 0 Å². The Bertz CT molecular complexity index is 470. The highest BCUT2D eigenvalue weighted by atomic mass is 16.3. The highest BCUT2D eigenvalue weighted by Crippen LogP contribution is 2.18. The van der Waals surface area contributed by atoms with Gasteiger partial charge in [0, 0.05) is 6.54 Å².